The minimum Gasteiger partial charge on any atom is -0.292 e. The van der Waals surface area contributed by atoms with Crippen LogP contribution in [0.2, 0.25) is 0 Å². The van der Waals surface area contributed by atoms with Gasteiger partial charge in [-0.1, -0.05) is 32.9 Å². The van der Waals surface area contributed by atoms with Crippen molar-refractivity contribution in [3.8, 4) is 0 Å². The molecule has 4 heteroatoms. The van der Waals surface area contributed by atoms with Crippen LogP contribution in [0.15, 0.2) is 41.3 Å². The molecule has 0 aliphatic heterocycles. The van der Waals surface area contributed by atoms with Gasteiger partial charge in [-0.3, -0.25) is 9.00 Å². The molecule has 1 aromatic carbocycles. The highest BCUT2D eigenvalue weighted by atomic mass is 32.2. The second-order valence-electron chi connectivity index (χ2n) is 6.10. The molecule has 112 valence electrons. The Hall–Kier alpha value is -1.26. The molecule has 0 fully saturated rings. The van der Waals surface area contributed by atoms with E-state index < -0.39 is 10.8 Å². The van der Waals surface area contributed by atoms with Crippen molar-refractivity contribution < 1.29 is 9.00 Å². The number of carbonyl (C=O) groups excluding carboxylic acids is 1. The molecule has 0 aliphatic carbocycles. The van der Waals surface area contributed by atoms with Crippen molar-refractivity contribution in [3.05, 3.63) is 51.7 Å². The molecule has 0 radical (unpaired) electrons. The first kappa shape index (κ1) is 16.1. The second kappa shape index (κ2) is 6.24. The van der Waals surface area contributed by atoms with Gasteiger partial charge >= 0.3 is 0 Å². The van der Waals surface area contributed by atoms with Crippen molar-refractivity contribution in [2.45, 2.75) is 38.0 Å². The van der Waals surface area contributed by atoms with Crippen molar-refractivity contribution in [1.82, 2.24) is 0 Å². The zero-order valence-corrected chi connectivity index (χ0v) is 14.4. The molecule has 0 amide bonds. The maximum Gasteiger partial charge on any atom is 0.185 e. The molecule has 0 N–H and O–H groups in total. The fraction of sp³-hybridized carbons (Fsp3) is 0.353. The van der Waals surface area contributed by atoms with Crippen LogP contribution in [-0.4, -0.2) is 15.7 Å². The van der Waals surface area contributed by atoms with E-state index in [1.54, 1.807) is 0 Å². The molecule has 1 atom stereocenters. The van der Waals surface area contributed by atoms with Gasteiger partial charge in [-0.2, -0.15) is 0 Å². The molecule has 0 bridgehead atoms. The second-order valence-corrected chi connectivity index (χ2v) is 8.84. The Balaban J connectivity index is 2.08. The van der Waals surface area contributed by atoms with Gasteiger partial charge in [0.15, 0.2) is 5.78 Å². The first-order valence-electron chi connectivity index (χ1n) is 6.86. The Labute approximate surface area is 132 Å². The molecule has 0 saturated carbocycles. The standard InChI is InChI=1S/C17H20O2S2/c1-12-5-10-16(20-12)15(18)11-21(19)14-8-6-13(7-9-14)17(2,3)4/h5-10H,11H2,1-4H3. The Kier molecular flexibility index (Phi) is 4.79. The van der Waals surface area contributed by atoms with E-state index in [0.717, 1.165) is 4.88 Å². The average Bonchev–Trinajstić information content (AvgIpc) is 2.84. The summed E-state index contributed by atoms with van der Waals surface area (Å²) in [5.74, 6) is 0.000721. The highest BCUT2D eigenvalue weighted by molar-refractivity contribution is 7.85. The summed E-state index contributed by atoms with van der Waals surface area (Å²) in [4.78, 5) is 14.6. The SMILES string of the molecule is Cc1ccc(C(=O)CS(=O)c2ccc(C(C)(C)C)cc2)s1. The van der Waals surface area contributed by atoms with Crippen LogP contribution >= 0.6 is 11.3 Å². The maximum absolute atomic E-state index is 12.3. The number of hydrogen-bond donors (Lipinski definition) is 0. The van der Waals surface area contributed by atoms with Crippen LogP contribution in [0.5, 0.6) is 0 Å². The molecule has 2 aromatic rings. The zero-order chi connectivity index (χ0) is 15.6. The monoisotopic (exact) mass is 320 g/mol. The molecule has 2 rings (SSSR count). The summed E-state index contributed by atoms with van der Waals surface area (Å²) >= 11 is 1.45. The van der Waals surface area contributed by atoms with Gasteiger partial charge in [0.05, 0.1) is 21.4 Å². The summed E-state index contributed by atoms with van der Waals surface area (Å²) in [6, 6.07) is 11.4. The minimum atomic E-state index is -1.28. The maximum atomic E-state index is 12.3. The third-order valence-electron chi connectivity index (χ3n) is 3.26. The van der Waals surface area contributed by atoms with Gasteiger partial charge in [0.25, 0.3) is 0 Å². The lowest BCUT2D eigenvalue weighted by Crippen LogP contribution is -2.12. The molecule has 1 unspecified atom stereocenters. The van der Waals surface area contributed by atoms with Crippen molar-refractivity contribution in [2.75, 3.05) is 5.75 Å². The summed E-state index contributed by atoms with van der Waals surface area (Å²) in [5, 5.41) is 0. The number of rotatable bonds is 4. The predicted molar refractivity (Wildman–Crippen MR) is 89.8 cm³/mol. The van der Waals surface area contributed by atoms with E-state index in [9.17, 15) is 9.00 Å². The van der Waals surface area contributed by atoms with Crippen molar-refractivity contribution >= 4 is 27.9 Å². The minimum absolute atomic E-state index is 0.0497. The third kappa shape index (κ3) is 4.11. The van der Waals surface area contributed by atoms with Crippen molar-refractivity contribution in [3.63, 3.8) is 0 Å². The quantitative estimate of drug-likeness (QED) is 0.785. The summed E-state index contributed by atoms with van der Waals surface area (Å²) in [6.45, 7) is 8.38. The van der Waals surface area contributed by atoms with E-state index in [4.69, 9.17) is 0 Å². The Bertz CT molecular complexity index is 661. The Morgan fingerprint density at radius 3 is 2.19 bits per heavy atom. The number of thiophene rings is 1. The van der Waals surface area contributed by atoms with Gasteiger partial charge in [-0.25, -0.2) is 0 Å². The number of Topliss-reactive ketones (excluding diaryl/α,β-unsaturated/α-hetero) is 1. The Morgan fingerprint density at radius 1 is 1.10 bits per heavy atom. The number of carbonyl (C=O) groups is 1. The number of hydrogen-bond acceptors (Lipinski definition) is 3. The van der Waals surface area contributed by atoms with Gasteiger partial charge in [0.2, 0.25) is 0 Å². The van der Waals surface area contributed by atoms with Gasteiger partial charge in [0.1, 0.15) is 0 Å². The van der Waals surface area contributed by atoms with Crippen molar-refractivity contribution in [2.24, 2.45) is 0 Å². The van der Waals surface area contributed by atoms with E-state index in [-0.39, 0.29) is 17.0 Å². The third-order valence-corrected chi connectivity index (χ3v) is 5.62. The Morgan fingerprint density at radius 2 is 1.71 bits per heavy atom. The van der Waals surface area contributed by atoms with Gasteiger partial charge in [-0.05, 0) is 42.2 Å². The molecule has 21 heavy (non-hydrogen) atoms. The number of ketones is 1. The molecular weight excluding hydrogens is 300 g/mol. The summed E-state index contributed by atoms with van der Waals surface area (Å²) in [5.41, 5.74) is 1.27. The van der Waals surface area contributed by atoms with Crippen LogP contribution in [-0.2, 0) is 16.2 Å². The van der Waals surface area contributed by atoms with Gasteiger partial charge in [-0.15, -0.1) is 11.3 Å². The van der Waals surface area contributed by atoms with Gasteiger partial charge < -0.3 is 0 Å². The predicted octanol–water partition coefficient (Wildman–Crippen LogP) is 4.34. The highest BCUT2D eigenvalue weighted by Gasteiger charge is 2.16. The molecule has 0 saturated heterocycles. The first-order valence-corrected chi connectivity index (χ1v) is 8.99. The van der Waals surface area contributed by atoms with Crippen LogP contribution in [0.3, 0.4) is 0 Å². The highest BCUT2D eigenvalue weighted by Crippen LogP contribution is 2.23. The summed E-state index contributed by atoms with van der Waals surface area (Å²) in [6.07, 6.45) is 0. The van der Waals surface area contributed by atoms with E-state index >= 15 is 0 Å². The van der Waals surface area contributed by atoms with Crippen LogP contribution in [0.1, 0.15) is 40.9 Å². The molecular formula is C17H20O2S2. The van der Waals surface area contributed by atoms with Gasteiger partial charge in [0, 0.05) is 9.77 Å². The normalized spacial score (nSPS) is 13.1. The van der Waals surface area contributed by atoms with Crippen LogP contribution in [0.25, 0.3) is 0 Å². The van der Waals surface area contributed by atoms with E-state index in [2.05, 4.69) is 20.8 Å². The fourth-order valence-corrected chi connectivity index (χ4v) is 3.86. The largest absolute Gasteiger partial charge is 0.292 e. The number of aryl methyl sites for hydroxylation is 1. The molecule has 1 aromatic heterocycles. The smallest absolute Gasteiger partial charge is 0.185 e. The molecule has 2 nitrogen and oxygen atoms in total. The zero-order valence-electron chi connectivity index (χ0n) is 12.8. The van der Waals surface area contributed by atoms with Crippen molar-refractivity contribution in [1.29, 1.82) is 0 Å². The molecule has 0 spiro atoms. The summed E-state index contributed by atoms with van der Waals surface area (Å²) < 4.78 is 12.3. The topological polar surface area (TPSA) is 34.1 Å². The fourth-order valence-electron chi connectivity index (χ4n) is 1.96. The molecule has 1 heterocycles. The van der Waals surface area contributed by atoms with Crippen LogP contribution in [0.4, 0.5) is 0 Å². The lowest BCUT2D eigenvalue weighted by molar-refractivity contribution is 0.102. The number of benzene rings is 1. The van der Waals surface area contributed by atoms with E-state index in [1.807, 2.05) is 43.3 Å². The first-order chi connectivity index (χ1) is 9.77. The summed E-state index contributed by atoms with van der Waals surface area (Å²) in [7, 11) is -1.28. The van der Waals surface area contributed by atoms with Crippen LogP contribution < -0.4 is 0 Å². The van der Waals surface area contributed by atoms with Crippen LogP contribution in [0, 0.1) is 6.92 Å². The molecule has 0 aliphatic rings. The lowest BCUT2D eigenvalue weighted by atomic mass is 9.87. The lowest BCUT2D eigenvalue weighted by Gasteiger charge is -2.18. The van der Waals surface area contributed by atoms with E-state index in [0.29, 0.717) is 9.77 Å². The van der Waals surface area contributed by atoms with E-state index in [1.165, 1.54) is 16.9 Å². The average molecular weight is 320 g/mol.